The van der Waals surface area contributed by atoms with Crippen LogP contribution in [0.2, 0.25) is 0 Å². The summed E-state index contributed by atoms with van der Waals surface area (Å²) in [5.41, 5.74) is 6.42. The third-order valence-corrected chi connectivity index (χ3v) is 5.47. The molecule has 0 aromatic carbocycles. The van der Waals surface area contributed by atoms with Crippen molar-refractivity contribution in [2.75, 3.05) is 0 Å². The molecule has 1 heteroatoms. The molecule has 0 amide bonds. The average Bonchev–Trinajstić information content (AvgIpc) is 2.50. The molecule has 1 atom stereocenters. The van der Waals surface area contributed by atoms with Crippen LogP contribution < -0.4 is 5.73 Å². The minimum absolute atomic E-state index is 0.493. The second kappa shape index (κ2) is 11.6. The van der Waals surface area contributed by atoms with Crippen molar-refractivity contribution in [3.8, 4) is 0 Å². The summed E-state index contributed by atoms with van der Waals surface area (Å²) in [5.74, 6) is 1.84. The van der Waals surface area contributed by atoms with Gasteiger partial charge in [0.15, 0.2) is 0 Å². The third-order valence-electron chi connectivity index (χ3n) is 5.47. The molecule has 1 aliphatic carbocycles. The quantitative estimate of drug-likeness (QED) is 0.458. The van der Waals surface area contributed by atoms with Gasteiger partial charge in [-0.15, -0.1) is 0 Å². The zero-order valence-corrected chi connectivity index (χ0v) is 14.2. The van der Waals surface area contributed by atoms with E-state index in [4.69, 9.17) is 5.73 Å². The minimum Gasteiger partial charge on any atom is -0.327 e. The smallest absolute Gasteiger partial charge is 0.00671 e. The van der Waals surface area contributed by atoms with Gasteiger partial charge in [-0.2, -0.15) is 0 Å². The second-order valence-electron chi connectivity index (χ2n) is 7.12. The number of rotatable bonds is 11. The van der Waals surface area contributed by atoms with E-state index in [-0.39, 0.29) is 0 Å². The van der Waals surface area contributed by atoms with Gasteiger partial charge in [0, 0.05) is 6.04 Å². The van der Waals surface area contributed by atoms with Crippen LogP contribution >= 0.6 is 0 Å². The van der Waals surface area contributed by atoms with Crippen LogP contribution in [-0.2, 0) is 0 Å². The monoisotopic (exact) mass is 281 g/mol. The number of unbranched alkanes of at least 4 members (excludes halogenated alkanes) is 7. The molecule has 0 aliphatic heterocycles. The molecule has 0 spiro atoms. The Kier molecular flexibility index (Phi) is 10.4. The Morgan fingerprint density at radius 2 is 1.35 bits per heavy atom. The van der Waals surface area contributed by atoms with Crippen LogP contribution in [0.15, 0.2) is 0 Å². The Balaban J connectivity index is 1.94. The van der Waals surface area contributed by atoms with Gasteiger partial charge in [0.1, 0.15) is 0 Å². The van der Waals surface area contributed by atoms with Crippen molar-refractivity contribution in [3.63, 3.8) is 0 Å². The maximum absolute atomic E-state index is 6.42. The first-order valence-electron chi connectivity index (χ1n) is 9.53. The Morgan fingerprint density at radius 3 is 1.90 bits per heavy atom. The molecule has 120 valence electrons. The van der Waals surface area contributed by atoms with E-state index in [2.05, 4.69) is 13.8 Å². The van der Waals surface area contributed by atoms with E-state index in [9.17, 15) is 0 Å². The summed E-state index contributed by atoms with van der Waals surface area (Å²) >= 11 is 0. The van der Waals surface area contributed by atoms with E-state index in [1.54, 1.807) is 0 Å². The Bertz CT molecular complexity index is 206. The molecular weight excluding hydrogens is 242 g/mol. The van der Waals surface area contributed by atoms with Crippen LogP contribution in [-0.4, -0.2) is 6.04 Å². The zero-order valence-electron chi connectivity index (χ0n) is 14.2. The first-order chi connectivity index (χ1) is 9.77. The fourth-order valence-electron chi connectivity index (χ4n) is 3.77. The summed E-state index contributed by atoms with van der Waals surface area (Å²) in [7, 11) is 0. The summed E-state index contributed by atoms with van der Waals surface area (Å²) in [5, 5.41) is 0. The van der Waals surface area contributed by atoms with E-state index in [1.807, 2.05) is 0 Å². The van der Waals surface area contributed by atoms with Crippen LogP contribution in [0.3, 0.4) is 0 Å². The summed E-state index contributed by atoms with van der Waals surface area (Å²) in [6.07, 6.45) is 19.6. The maximum atomic E-state index is 6.42. The van der Waals surface area contributed by atoms with Crippen LogP contribution in [0.4, 0.5) is 0 Å². The SMILES string of the molecule is CCCCCCCCCCC(N)C1CCC(CC)CC1. The average molecular weight is 282 g/mol. The summed E-state index contributed by atoms with van der Waals surface area (Å²) in [6.45, 7) is 4.63. The number of hydrogen-bond acceptors (Lipinski definition) is 1. The van der Waals surface area contributed by atoms with Crippen LogP contribution in [0.5, 0.6) is 0 Å². The largest absolute Gasteiger partial charge is 0.327 e. The van der Waals surface area contributed by atoms with Gasteiger partial charge in [-0.25, -0.2) is 0 Å². The molecule has 1 saturated carbocycles. The van der Waals surface area contributed by atoms with Gasteiger partial charge in [-0.1, -0.05) is 84.5 Å². The molecule has 0 saturated heterocycles. The molecule has 0 aromatic rings. The lowest BCUT2D eigenvalue weighted by atomic mass is 9.77. The fourth-order valence-corrected chi connectivity index (χ4v) is 3.77. The lowest BCUT2D eigenvalue weighted by Crippen LogP contribution is -2.33. The van der Waals surface area contributed by atoms with Crippen molar-refractivity contribution in [3.05, 3.63) is 0 Å². The normalized spacial score (nSPS) is 24.8. The van der Waals surface area contributed by atoms with Gasteiger partial charge < -0.3 is 5.73 Å². The molecule has 0 radical (unpaired) electrons. The van der Waals surface area contributed by atoms with Gasteiger partial charge in [0.2, 0.25) is 0 Å². The zero-order chi connectivity index (χ0) is 14.6. The van der Waals surface area contributed by atoms with Crippen LogP contribution in [0, 0.1) is 11.8 Å². The topological polar surface area (TPSA) is 26.0 Å². The molecule has 1 nitrogen and oxygen atoms in total. The van der Waals surface area contributed by atoms with E-state index >= 15 is 0 Å². The van der Waals surface area contributed by atoms with Gasteiger partial charge in [-0.3, -0.25) is 0 Å². The maximum Gasteiger partial charge on any atom is 0.00671 e. The van der Waals surface area contributed by atoms with Gasteiger partial charge in [0.05, 0.1) is 0 Å². The Labute approximate surface area is 128 Å². The van der Waals surface area contributed by atoms with Gasteiger partial charge >= 0.3 is 0 Å². The highest BCUT2D eigenvalue weighted by Crippen LogP contribution is 2.33. The van der Waals surface area contributed by atoms with Gasteiger partial charge in [-0.05, 0) is 31.1 Å². The lowest BCUT2D eigenvalue weighted by molar-refractivity contribution is 0.231. The van der Waals surface area contributed by atoms with E-state index in [0.717, 1.165) is 11.8 Å². The summed E-state index contributed by atoms with van der Waals surface area (Å²) in [6, 6.07) is 0.493. The molecule has 0 bridgehead atoms. The number of nitrogens with two attached hydrogens (primary N) is 1. The highest BCUT2D eigenvalue weighted by atomic mass is 14.6. The van der Waals surface area contributed by atoms with Crippen molar-refractivity contribution in [1.29, 1.82) is 0 Å². The lowest BCUT2D eigenvalue weighted by Gasteiger charge is -2.31. The summed E-state index contributed by atoms with van der Waals surface area (Å²) < 4.78 is 0. The van der Waals surface area contributed by atoms with Gasteiger partial charge in [0.25, 0.3) is 0 Å². The molecule has 1 unspecified atom stereocenters. The highest BCUT2D eigenvalue weighted by molar-refractivity contribution is 4.79. The molecule has 0 aromatic heterocycles. The first kappa shape index (κ1) is 18.0. The van der Waals surface area contributed by atoms with Crippen molar-refractivity contribution >= 4 is 0 Å². The minimum atomic E-state index is 0.493. The molecule has 1 fully saturated rings. The summed E-state index contributed by atoms with van der Waals surface area (Å²) in [4.78, 5) is 0. The molecule has 20 heavy (non-hydrogen) atoms. The van der Waals surface area contributed by atoms with Crippen LogP contribution in [0.25, 0.3) is 0 Å². The van der Waals surface area contributed by atoms with Crippen molar-refractivity contribution in [1.82, 2.24) is 0 Å². The molecular formula is C19H39N. The predicted molar refractivity (Wildman–Crippen MR) is 90.9 cm³/mol. The van der Waals surface area contributed by atoms with Crippen LogP contribution in [0.1, 0.15) is 104 Å². The van der Waals surface area contributed by atoms with Crippen molar-refractivity contribution in [2.24, 2.45) is 17.6 Å². The number of hydrogen-bond donors (Lipinski definition) is 1. The predicted octanol–water partition coefficient (Wildman–Crippen LogP) is 6.06. The Morgan fingerprint density at radius 1 is 0.800 bits per heavy atom. The highest BCUT2D eigenvalue weighted by Gasteiger charge is 2.24. The molecule has 2 N–H and O–H groups in total. The van der Waals surface area contributed by atoms with E-state index in [1.165, 1.54) is 89.9 Å². The first-order valence-corrected chi connectivity index (χ1v) is 9.53. The van der Waals surface area contributed by atoms with E-state index in [0.29, 0.717) is 6.04 Å². The molecule has 0 heterocycles. The Hall–Kier alpha value is -0.0400. The molecule has 1 aliphatic rings. The fraction of sp³-hybridized carbons (Fsp3) is 1.00. The van der Waals surface area contributed by atoms with Crippen molar-refractivity contribution < 1.29 is 0 Å². The second-order valence-corrected chi connectivity index (χ2v) is 7.12. The van der Waals surface area contributed by atoms with Crippen molar-refractivity contribution in [2.45, 2.75) is 110 Å². The third kappa shape index (κ3) is 7.67. The standard InChI is InChI=1S/C19H39N/c1-3-5-6-7-8-9-10-11-12-19(20)18-15-13-17(4-2)14-16-18/h17-19H,3-16,20H2,1-2H3. The molecule has 1 rings (SSSR count). The van der Waals surface area contributed by atoms with E-state index < -0.39 is 0 Å².